The first kappa shape index (κ1) is 7.48. The van der Waals surface area contributed by atoms with Crippen molar-refractivity contribution in [3.05, 3.63) is 24.3 Å². The van der Waals surface area contributed by atoms with Crippen LogP contribution in [-0.2, 0) is 0 Å². The molecule has 1 aliphatic carbocycles. The Kier molecular flexibility index (Phi) is 6.06. The molecule has 0 radical (unpaired) electrons. The van der Waals surface area contributed by atoms with E-state index in [1.54, 1.807) is 0 Å². The first-order valence-corrected chi connectivity index (χ1v) is 3.23. The molecule has 0 spiro atoms. The normalized spacial score (nSPS) is 13.2. The molecule has 0 aliphatic heterocycles. The first-order chi connectivity index (χ1) is 3.91. The van der Waals surface area contributed by atoms with Gasteiger partial charge in [-0.2, -0.15) is 0 Å². The summed E-state index contributed by atoms with van der Waals surface area (Å²) in [5, 5.41) is 0. The molecular weight excluding hydrogens is 96.1 g/mol. The Bertz CT molecular complexity index is 68.0. The summed E-state index contributed by atoms with van der Waals surface area (Å²) in [7, 11) is 0. The summed E-state index contributed by atoms with van der Waals surface area (Å²) in [6.45, 7) is 4.25. The molecule has 0 bridgehead atoms. The van der Waals surface area contributed by atoms with Gasteiger partial charge in [-0.3, -0.25) is 0 Å². The van der Waals surface area contributed by atoms with E-state index in [2.05, 4.69) is 38.2 Å². The minimum atomic E-state index is 1.14. The highest BCUT2D eigenvalue weighted by Crippen LogP contribution is 1.93. The average molecular weight is 110 g/mol. The highest BCUT2D eigenvalue weighted by atomic mass is 13.8. The average Bonchev–Trinajstić information content (AvgIpc) is 2.17. The Morgan fingerprint density at radius 3 is 1.62 bits per heavy atom. The van der Waals surface area contributed by atoms with Crippen molar-refractivity contribution in [2.45, 2.75) is 26.7 Å². The number of hydrogen-bond acceptors (Lipinski definition) is 0. The Morgan fingerprint density at radius 2 is 1.50 bits per heavy atom. The van der Waals surface area contributed by atoms with Gasteiger partial charge in [0.1, 0.15) is 0 Å². The van der Waals surface area contributed by atoms with E-state index in [0.717, 1.165) is 6.42 Å². The van der Waals surface area contributed by atoms with Crippen LogP contribution in [0.5, 0.6) is 0 Å². The second kappa shape index (κ2) is 6.48. The Labute approximate surface area is 51.9 Å². The lowest BCUT2D eigenvalue weighted by Gasteiger charge is -1.57. The van der Waals surface area contributed by atoms with Crippen LogP contribution in [0.2, 0.25) is 0 Å². The quantitative estimate of drug-likeness (QED) is 0.449. The predicted molar refractivity (Wildman–Crippen MR) is 38.9 cm³/mol. The monoisotopic (exact) mass is 110 g/mol. The molecule has 46 valence electrons. The molecule has 1 rings (SSSR count). The topological polar surface area (TPSA) is 0 Å². The van der Waals surface area contributed by atoms with Crippen LogP contribution in [0.1, 0.15) is 26.7 Å². The van der Waals surface area contributed by atoms with Crippen molar-refractivity contribution in [1.29, 1.82) is 0 Å². The molecule has 0 heteroatoms. The summed E-state index contributed by atoms with van der Waals surface area (Å²) in [6.07, 6.45) is 10.8. The first-order valence-electron chi connectivity index (χ1n) is 3.23. The lowest BCUT2D eigenvalue weighted by atomic mass is 10.5. The van der Waals surface area contributed by atoms with Gasteiger partial charge in [0.15, 0.2) is 0 Å². The van der Waals surface area contributed by atoms with Crippen LogP contribution in [0.15, 0.2) is 24.3 Å². The van der Waals surface area contributed by atoms with Crippen LogP contribution in [0, 0.1) is 0 Å². The SMILES string of the molecule is C1=CCC=C1.CCC. The van der Waals surface area contributed by atoms with Crippen molar-refractivity contribution in [2.24, 2.45) is 0 Å². The molecule has 0 amide bonds. The second-order valence-electron chi connectivity index (χ2n) is 1.80. The molecule has 1 aliphatic rings. The molecular formula is C8H14. The van der Waals surface area contributed by atoms with Crippen LogP contribution < -0.4 is 0 Å². The van der Waals surface area contributed by atoms with Crippen molar-refractivity contribution >= 4 is 0 Å². The van der Waals surface area contributed by atoms with Gasteiger partial charge < -0.3 is 0 Å². The van der Waals surface area contributed by atoms with E-state index < -0.39 is 0 Å². The van der Waals surface area contributed by atoms with E-state index in [0.29, 0.717) is 0 Å². The van der Waals surface area contributed by atoms with Gasteiger partial charge in [0.25, 0.3) is 0 Å². The van der Waals surface area contributed by atoms with Gasteiger partial charge in [0.2, 0.25) is 0 Å². The molecule has 0 N–H and O–H groups in total. The van der Waals surface area contributed by atoms with E-state index in [-0.39, 0.29) is 0 Å². The van der Waals surface area contributed by atoms with Crippen LogP contribution in [0.4, 0.5) is 0 Å². The van der Waals surface area contributed by atoms with E-state index in [4.69, 9.17) is 0 Å². The molecule has 0 aromatic heterocycles. The molecule has 0 atom stereocenters. The highest BCUT2D eigenvalue weighted by Gasteiger charge is 1.72. The number of hydrogen-bond donors (Lipinski definition) is 0. The molecule has 0 saturated heterocycles. The molecule has 0 heterocycles. The van der Waals surface area contributed by atoms with Crippen molar-refractivity contribution in [1.82, 2.24) is 0 Å². The van der Waals surface area contributed by atoms with Crippen LogP contribution in [0.3, 0.4) is 0 Å². The van der Waals surface area contributed by atoms with Gasteiger partial charge in [0.05, 0.1) is 0 Å². The smallest absolute Gasteiger partial charge is 0.0163 e. The summed E-state index contributed by atoms with van der Waals surface area (Å²) in [5.41, 5.74) is 0. The van der Waals surface area contributed by atoms with Crippen molar-refractivity contribution in [3.63, 3.8) is 0 Å². The van der Waals surface area contributed by atoms with Crippen LogP contribution >= 0.6 is 0 Å². The van der Waals surface area contributed by atoms with Crippen molar-refractivity contribution < 1.29 is 0 Å². The van der Waals surface area contributed by atoms with Gasteiger partial charge in [-0.05, 0) is 6.42 Å². The fourth-order valence-electron chi connectivity index (χ4n) is 0.393. The van der Waals surface area contributed by atoms with Crippen LogP contribution in [-0.4, -0.2) is 0 Å². The largest absolute Gasteiger partial charge is 0.0808 e. The fourth-order valence-corrected chi connectivity index (χ4v) is 0.393. The predicted octanol–water partition coefficient (Wildman–Crippen LogP) is 2.92. The fraction of sp³-hybridized carbons (Fsp3) is 0.500. The summed E-state index contributed by atoms with van der Waals surface area (Å²) >= 11 is 0. The zero-order chi connectivity index (χ0) is 6.24. The summed E-state index contributed by atoms with van der Waals surface area (Å²) < 4.78 is 0. The van der Waals surface area contributed by atoms with Gasteiger partial charge in [-0.15, -0.1) is 0 Å². The molecule has 0 aromatic carbocycles. The maximum atomic E-state index is 2.12. The number of allylic oxidation sites excluding steroid dienone is 4. The maximum absolute atomic E-state index is 2.12. The van der Waals surface area contributed by atoms with E-state index in [1.165, 1.54) is 6.42 Å². The molecule has 8 heavy (non-hydrogen) atoms. The zero-order valence-electron chi connectivity index (χ0n) is 5.72. The summed E-state index contributed by atoms with van der Waals surface area (Å²) in [4.78, 5) is 0. The van der Waals surface area contributed by atoms with E-state index >= 15 is 0 Å². The third-order valence-electron chi connectivity index (χ3n) is 0.655. The lowest BCUT2D eigenvalue weighted by molar-refractivity contribution is 1.09. The second-order valence-corrected chi connectivity index (χ2v) is 1.80. The van der Waals surface area contributed by atoms with Crippen LogP contribution in [0.25, 0.3) is 0 Å². The third kappa shape index (κ3) is 5.48. The van der Waals surface area contributed by atoms with Gasteiger partial charge in [-0.25, -0.2) is 0 Å². The van der Waals surface area contributed by atoms with Crippen molar-refractivity contribution in [2.75, 3.05) is 0 Å². The summed E-state index contributed by atoms with van der Waals surface area (Å²) in [6, 6.07) is 0. The third-order valence-corrected chi connectivity index (χ3v) is 0.655. The van der Waals surface area contributed by atoms with Crippen molar-refractivity contribution in [3.8, 4) is 0 Å². The molecule has 0 saturated carbocycles. The highest BCUT2D eigenvalue weighted by molar-refractivity contribution is 5.11. The molecule has 0 unspecified atom stereocenters. The standard InChI is InChI=1S/C5H6.C3H8/c1-2-4-5-3-1;1-3-2/h1-4H,5H2;3H2,1-2H3. The molecule has 0 aromatic rings. The van der Waals surface area contributed by atoms with Gasteiger partial charge in [-0.1, -0.05) is 44.6 Å². The van der Waals surface area contributed by atoms with E-state index in [9.17, 15) is 0 Å². The Hall–Kier alpha value is -0.520. The molecule has 0 nitrogen and oxygen atoms in total. The molecule has 0 fully saturated rings. The number of rotatable bonds is 0. The van der Waals surface area contributed by atoms with E-state index in [1.807, 2.05) is 0 Å². The summed E-state index contributed by atoms with van der Waals surface area (Å²) in [5.74, 6) is 0. The maximum Gasteiger partial charge on any atom is -0.0163 e. The Morgan fingerprint density at radius 1 is 1.12 bits per heavy atom. The van der Waals surface area contributed by atoms with Gasteiger partial charge in [0, 0.05) is 0 Å². The lowest BCUT2D eigenvalue weighted by Crippen LogP contribution is -1.37. The van der Waals surface area contributed by atoms with Gasteiger partial charge >= 0.3 is 0 Å². The zero-order valence-corrected chi connectivity index (χ0v) is 5.72. The minimum absolute atomic E-state index is 1.14. The Balaban J connectivity index is 0.000000145. The minimum Gasteiger partial charge on any atom is -0.0808 e.